The second-order valence-electron chi connectivity index (χ2n) is 4.26. The van der Waals surface area contributed by atoms with Crippen molar-refractivity contribution in [3.05, 3.63) is 0 Å². The average Bonchev–Trinajstić information content (AvgIpc) is 2.29. The van der Waals surface area contributed by atoms with Crippen molar-refractivity contribution in [3.8, 4) is 0 Å². The molecule has 1 aliphatic heterocycles. The predicted molar refractivity (Wildman–Crippen MR) is 62.7 cm³/mol. The topological polar surface area (TPSA) is 55.8 Å². The molecule has 1 saturated heterocycles. The van der Waals surface area contributed by atoms with E-state index in [2.05, 4.69) is 0 Å². The molecule has 1 aliphatic rings. The first-order chi connectivity index (χ1) is 8.15. The lowest BCUT2D eigenvalue weighted by atomic mass is 10.1. The quantitative estimate of drug-likeness (QED) is 0.505. The van der Waals surface area contributed by atoms with Gasteiger partial charge in [0.2, 0.25) is 0 Å². The van der Waals surface area contributed by atoms with Gasteiger partial charge in [0.15, 0.2) is 5.78 Å². The van der Waals surface area contributed by atoms with Gasteiger partial charge in [0.25, 0.3) is 0 Å². The van der Waals surface area contributed by atoms with Crippen molar-refractivity contribution in [2.24, 2.45) is 0 Å². The van der Waals surface area contributed by atoms with E-state index in [0.717, 1.165) is 25.9 Å². The maximum atomic E-state index is 11.6. The van der Waals surface area contributed by atoms with Crippen molar-refractivity contribution in [2.45, 2.75) is 32.3 Å². The zero-order valence-corrected chi connectivity index (χ0v) is 10.6. The summed E-state index contributed by atoms with van der Waals surface area (Å²) >= 11 is 0. The number of Topliss-reactive ketones (excluding diaryl/α,β-unsaturated/α-hetero) is 1. The highest BCUT2D eigenvalue weighted by atomic mass is 16.5. The van der Waals surface area contributed by atoms with Crippen LogP contribution in [-0.2, 0) is 19.1 Å². The number of likely N-dealkylation sites (tertiary alicyclic amines) is 1. The molecular weight excluding hydrogens is 222 g/mol. The van der Waals surface area contributed by atoms with Gasteiger partial charge in [-0.25, -0.2) is 0 Å². The van der Waals surface area contributed by atoms with Crippen LogP contribution in [0.1, 0.15) is 26.2 Å². The van der Waals surface area contributed by atoms with Crippen molar-refractivity contribution < 1.29 is 19.1 Å². The van der Waals surface area contributed by atoms with Crippen LogP contribution in [0, 0.1) is 0 Å². The number of carbonyl (C=O) groups excluding carboxylic acids is 2. The smallest absolute Gasteiger partial charge is 0.313 e. The first-order valence-corrected chi connectivity index (χ1v) is 6.08. The van der Waals surface area contributed by atoms with Crippen LogP contribution in [0.5, 0.6) is 0 Å². The van der Waals surface area contributed by atoms with Gasteiger partial charge in [0, 0.05) is 13.7 Å². The Morgan fingerprint density at radius 3 is 2.82 bits per heavy atom. The van der Waals surface area contributed by atoms with Gasteiger partial charge >= 0.3 is 5.97 Å². The number of ether oxygens (including phenoxy) is 2. The van der Waals surface area contributed by atoms with E-state index in [-0.39, 0.29) is 18.3 Å². The molecule has 0 spiro atoms. The third-order valence-corrected chi connectivity index (χ3v) is 2.84. The van der Waals surface area contributed by atoms with Crippen molar-refractivity contribution in [3.63, 3.8) is 0 Å². The van der Waals surface area contributed by atoms with Crippen LogP contribution in [0.15, 0.2) is 0 Å². The summed E-state index contributed by atoms with van der Waals surface area (Å²) < 4.78 is 10.0. The molecular formula is C12H21NO4. The first kappa shape index (κ1) is 14.1. The van der Waals surface area contributed by atoms with Gasteiger partial charge in [-0.1, -0.05) is 0 Å². The molecule has 1 unspecified atom stereocenters. The van der Waals surface area contributed by atoms with E-state index in [0.29, 0.717) is 13.2 Å². The summed E-state index contributed by atoms with van der Waals surface area (Å²) in [5, 5.41) is 0. The van der Waals surface area contributed by atoms with E-state index in [4.69, 9.17) is 9.47 Å². The molecule has 0 aliphatic carbocycles. The molecule has 1 rings (SSSR count). The molecule has 5 nitrogen and oxygen atoms in total. The van der Waals surface area contributed by atoms with Gasteiger partial charge in [0.1, 0.15) is 6.42 Å². The molecule has 0 aromatic rings. The largest absolute Gasteiger partial charge is 0.466 e. The van der Waals surface area contributed by atoms with Gasteiger partial charge in [0.05, 0.1) is 19.3 Å². The number of hydrogen-bond donors (Lipinski definition) is 0. The molecule has 0 radical (unpaired) electrons. The van der Waals surface area contributed by atoms with Gasteiger partial charge in [-0.2, -0.15) is 0 Å². The molecule has 0 aromatic heterocycles. The highest BCUT2D eigenvalue weighted by Gasteiger charge is 2.22. The van der Waals surface area contributed by atoms with E-state index >= 15 is 0 Å². The molecule has 0 aromatic carbocycles. The molecule has 5 heteroatoms. The Morgan fingerprint density at radius 1 is 1.41 bits per heavy atom. The molecule has 1 atom stereocenters. The van der Waals surface area contributed by atoms with Crippen LogP contribution in [0.4, 0.5) is 0 Å². The normalized spacial score (nSPS) is 21.2. The Labute approximate surface area is 102 Å². The van der Waals surface area contributed by atoms with Gasteiger partial charge in [-0.05, 0) is 26.3 Å². The number of methoxy groups -OCH3 is 1. The summed E-state index contributed by atoms with van der Waals surface area (Å²) in [6, 6.07) is 0. The summed E-state index contributed by atoms with van der Waals surface area (Å²) in [7, 11) is 1.69. The lowest BCUT2D eigenvalue weighted by Gasteiger charge is -2.31. The monoisotopic (exact) mass is 243 g/mol. The summed E-state index contributed by atoms with van der Waals surface area (Å²) in [6.45, 7) is 4.04. The number of ketones is 1. The van der Waals surface area contributed by atoms with Crippen molar-refractivity contribution in [1.29, 1.82) is 0 Å². The molecule has 0 amide bonds. The first-order valence-electron chi connectivity index (χ1n) is 6.08. The number of hydrogen-bond acceptors (Lipinski definition) is 5. The van der Waals surface area contributed by atoms with Gasteiger partial charge < -0.3 is 9.47 Å². The lowest BCUT2D eigenvalue weighted by Crippen LogP contribution is -2.42. The molecule has 0 bridgehead atoms. The van der Waals surface area contributed by atoms with Crippen LogP contribution < -0.4 is 0 Å². The SMILES string of the molecule is CCOC(=O)CC(=O)CN1CCCC(OC)C1. The molecule has 1 fully saturated rings. The Hall–Kier alpha value is -0.940. The second-order valence-corrected chi connectivity index (χ2v) is 4.26. The maximum absolute atomic E-state index is 11.6. The highest BCUT2D eigenvalue weighted by Crippen LogP contribution is 2.12. The van der Waals surface area contributed by atoms with E-state index in [1.165, 1.54) is 0 Å². The van der Waals surface area contributed by atoms with Crippen molar-refractivity contribution >= 4 is 11.8 Å². The third-order valence-electron chi connectivity index (χ3n) is 2.84. The molecule has 0 N–H and O–H groups in total. The van der Waals surface area contributed by atoms with Gasteiger partial charge in [-0.15, -0.1) is 0 Å². The fourth-order valence-corrected chi connectivity index (χ4v) is 2.03. The minimum atomic E-state index is -0.433. The predicted octanol–water partition coefficient (Wildman–Crippen LogP) is 0.619. The number of piperidine rings is 1. The summed E-state index contributed by atoms with van der Waals surface area (Å²) in [6.07, 6.45) is 2.16. The lowest BCUT2D eigenvalue weighted by molar-refractivity contribution is -0.145. The minimum Gasteiger partial charge on any atom is -0.466 e. The van der Waals surface area contributed by atoms with Crippen LogP contribution >= 0.6 is 0 Å². The van der Waals surface area contributed by atoms with Crippen molar-refractivity contribution in [1.82, 2.24) is 4.90 Å². The van der Waals surface area contributed by atoms with E-state index in [1.54, 1.807) is 14.0 Å². The third kappa shape index (κ3) is 5.28. The van der Waals surface area contributed by atoms with Gasteiger partial charge in [-0.3, -0.25) is 14.5 Å². The fourth-order valence-electron chi connectivity index (χ4n) is 2.03. The van der Waals surface area contributed by atoms with E-state index in [1.807, 2.05) is 4.90 Å². The zero-order valence-electron chi connectivity index (χ0n) is 10.6. The number of rotatable bonds is 6. The molecule has 0 saturated carbocycles. The minimum absolute atomic E-state index is 0.0831. The van der Waals surface area contributed by atoms with E-state index < -0.39 is 5.97 Å². The summed E-state index contributed by atoms with van der Waals surface area (Å²) in [4.78, 5) is 24.8. The van der Waals surface area contributed by atoms with Crippen LogP contribution in [0.25, 0.3) is 0 Å². The standard InChI is InChI=1S/C12H21NO4/c1-3-17-12(15)7-10(14)8-13-6-4-5-11(9-13)16-2/h11H,3-9H2,1-2H3. The zero-order chi connectivity index (χ0) is 12.7. The average molecular weight is 243 g/mol. The Balaban J connectivity index is 2.28. The Bertz CT molecular complexity index is 267. The Morgan fingerprint density at radius 2 is 2.18 bits per heavy atom. The maximum Gasteiger partial charge on any atom is 0.313 e. The highest BCUT2D eigenvalue weighted by molar-refractivity contribution is 5.96. The van der Waals surface area contributed by atoms with Crippen LogP contribution in [0.3, 0.4) is 0 Å². The number of nitrogens with zero attached hydrogens (tertiary/aromatic N) is 1. The molecule has 17 heavy (non-hydrogen) atoms. The fraction of sp³-hybridized carbons (Fsp3) is 0.833. The van der Waals surface area contributed by atoms with Crippen LogP contribution in [0.2, 0.25) is 0 Å². The van der Waals surface area contributed by atoms with E-state index in [9.17, 15) is 9.59 Å². The number of esters is 1. The Kier molecular flexibility index (Phi) is 6.15. The molecule has 1 heterocycles. The summed E-state index contributed by atoms with van der Waals surface area (Å²) in [5.74, 6) is -0.516. The van der Waals surface area contributed by atoms with Crippen LogP contribution in [-0.4, -0.2) is 56.1 Å². The second kappa shape index (κ2) is 7.40. The molecule has 98 valence electrons. The summed E-state index contributed by atoms with van der Waals surface area (Å²) in [5.41, 5.74) is 0. The number of carbonyl (C=O) groups is 2. The van der Waals surface area contributed by atoms with Crippen molar-refractivity contribution in [2.75, 3.05) is 33.4 Å².